The number of epoxide rings is 1. The number of rotatable bonds is 8. The van der Waals surface area contributed by atoms with Crippen molar-refractivity contribution in [2.24, 2.45) is 5.73 Å². The Balaban J connectivity index is 2.07. The minimum absolute atomic E-state index is 0.0455. The number of thioether (sulfide) groups is 1. The quantitative estimate of drug-likeness (QED) is 0.568. The van der Waals surface area contributed by atoms with Crippen molar-refractivity contribution in [3.63, 3.8) is 0 Å². The highest BCUT2D eigenvalue weighted by Crippen LogP contribution is 2.49. The van der Waals surface area contributed by atoms with Crippen LogP contribution in [-0.4, -0.2) is 17.9 Å². The number of hydrogen-bond donors (Lipinski definition) is 1. The van der Waals surface area contributed by atoms with E-state index in [2.05, 4.69) is 44.2 Å². The summed E-state index contributed by atoms with van der Waals surface area (Å²) in [5.41, 5.74) is 6.83. The molecule has 0 bridgehead atoms. The van der Waals surface area contributed by atoms with E-state index in [1.54, 1.807) is 0 Å². The van der Waals surface area contributed by atoms with Crippen LogP contribution < -0.4 is 5.73 Å². The lowest BCUT2D eigenvalue weighted by Gasteiger charge is -2.05. The molecule has 1 saturated heterocycles. The fourth-order valence-corrected chi connectivity index (χ4v) is 3.40. The lowest BCUT2D eigenvalue weighted by Crippen LogP contribution is -2.08. The molecule has 0 aliphatic carbocycles. The van der Waals surface area contributed by atoms with Gasteiger partial charge in [-0.2, -0.15) is 0 Å². The maximum Gasteiger partial charge on any atom is 0.165 e. The molecular weight excluding hydrogens is 266 g/mol. The van der Waals surface area contributed by atoms with E-state index in [1.165, 1.54) is 29.1 Å². The zero-order chi connectivity index (χ0) is 14.4. The second-order valence-corrected chi connectivity index (χ2v) is 6.48. The minimum Gasteiger partial charge on any atom is -0.479 e. The lowest BCUT2D eigenvalue weighted by atomic mass is 9.96. The normalized spacial score (nSPS) is 18.1. The molecule has 20 heavy (non-hydrogen) atoms. The second-order valence-electron chi connectivity index (χ2n) is 5.31. The molecule has 1 aromatic rings. The maximum absolute atomic E-state index is 5.94. The van der Waals surface area contributed by atoms with Crippen LogP contribution in [0.2, 0.25) is 0 Å². The highest BCUT2D eigenvalue weighted by atomic mass is 32.2. The van der Waals surface area contributed by atoms with Gasteiger partial charge in [-0.15, -0.1) is 11.8 Å². The second kappa shape index (κ2) is 7.19. The molecule has 3 heteroatoms. The van der Waals surface area contributed by atoms with E-state index < -0.39 is 0 Å². The van der Waals surface area contributed by atoms with Gasteiger partial charge in [0.25, 0.3) is 0 Å². The van der Waals surface area contributed by atoms with Gasteiger partial charge >= 0.3 is 0 Å². The van der Waals surface area contributed by atoms with Gasteiger partial charge < -0.3 is 10.5 Å². The molecule has 2 N–H and O–H groups in total. The molecule has 1 aromatic carbocycles. The van der Waals surface area contributed by atoms with E-state index in [9.17, 15) is 0 Å². The third-order valence-electron chi connectivity index (χ3n) is 3.56. The molecule has 0 radical (unpaired) electrons. The largest absolute Gasteiger partial charge is 0.479 e. The third-order valence-corrected chi connectivity index (χ3v) is 4.59. The summed E-state index contributed by atoms with van der Waals surface area (Å²) in [7, 11) is 0. The molecular formula is C17H25NOS. The van der Waals surface area contributed by atoms with Crippen molar-refractivity contribution in [2.75, 3.05) is 12.3 Å². The number of nitrogens with two attached hydrogens (primary N) is 1. The fraction of sp³-hybridized carbons (Fsp3) is 0.529. The molecule has 2 nitrogen and oxygen atoms in total. The van der Waals surface area contributed by atoms with Crippen LogP contribution in [0.3, 0.4) is 0 Å². The molecule has 110 valence electrons. The van der Waals surface area contributed by atoms with Crippen molar-refractivity contribution in [1.82, 2.24) is 0 Å². The number of ether oxygens (including phenoxy) is 1. The Morgan fingerprint density at radius 3 is 2.65 bits per heavy atom. The fourth-order valence-electron chi connectivity index (χ4n) is 2.65. The van der Waals surface area contributed by atoms with Crippen LogP contribution >= 0.6 is 11.8 Å². The van der Waals surface area contributed by atoms with E-state index in [0.717, 1.165) is 25.1 Å². The van der Waals surface area contributed by atoms with Crippen LogP contribution in [0.25, 0.3) is 6.08 Å². The average Bonchev–Trinajstić information content (AvgIpc) is 3.10. The number of hydrogen-bond acceptors (Lipinski definition) is 3. The first kappa shape index (κ1) is 15.5. The predicted octanol–water partition coefficient (Wildman–Crippen LogP) is 4.45. The first-order valence-corrected chi connectivity index (χ1v) is 8.56. The van der Waals surface area contributed by atoms with Crippen molar-refractivity contribution in [3.05, 3.63) is 35.6 Å². The summed E-state index contributed by atoms with van der Waals surface area (Å²) in [6.45, 7) is 5.16. The SMILES string of the molecule is CCCC1(CCC)OC1=Cc1cccc(SCCN)c1. The summed E-state index contributed by atoms with van der Waals surface area (Å²) in [6, 6.07) is 8.61. The highest BCUT2D eigenvalue weighted by molar-refractivity contribution is 7.99. The molecule has 1 fully saturated rings. The Morgan fingerprint density at radius 2 is 2.00 bits per heavy atom. The van der Waals surface area contributed by atoms with E-state index in [-0.39, 0.29) is 5.60 Å². The summed E-state index contributed by atoms with van der Waals surface area (Å²) in [6.07, 6.45) is 6.81. The molecule has 1 aliphatic rings. The Bertz CT molecular complexity index is 464. The third kappa shape index (κ3) is 3.80. The van der Waals surface area contributed by atoms with Gasteiger partial charge in [-0.05, 0) is 36.6 Å². The molecule has 0 atom stereocenters. The van der Waals surface area contributed by atoms with Gasteiger partial charge in [-0.3, -0.25) is 0 Å². The van der Waals surface area contributed by atoms with Crippen molar-refractivity contribution in [2.45, 2.75) is 50.0 Å². The van der Waals surface area contributed by atoms with E-state index in [4.69, 9.17) is 10.5 Å². The Kier molecular flexibility index (Phi) is 5.55. The summed E-state index contributed by atoms with van der Waals surface area (Å²) in [4.78, 5) is 1.28. The molecule has 1 aliphatic heterocycles. The highest BCUT2D eigenvalue weighted by Gasteiger charge is 2.50. The molecule has 2 rings (SSSR count). The summed E-state index contributed by atoms with van der Waals surface area (Å²) in [5.74, 6) is 2.13. The van der Waals surface area contributed by atoms with E-state index >= 15 is 0 Å². The van der Waals surface area contributed by atoms with Crippen LogP contribution in [0.5, 0.6) is 0 Å². The number of benzene rings is 1. The molecule has 0 amide bonds. The van der Waals surface area contributed by atoms with Gasteiger partial charge in [-0.1, -0.05) is 38.8 Å². The monoisotopic (exact) mass is 291 g/mol. The maximum atomic E-state index is 5.94. The van der Waals surface area contributed by atoms with Gasteiger partial charge in [0.2, 0.25) is 0 Å². The molecule has 0 unspecified atom stereocenters. The van der Waals surface area contributed by atoms with Crippen LogP contribution in [-0.2, 0) is 4.74 Å². The lowest BCUT2D eigenvalue weighted by molar-refractivity contribution is 0.274. The van der Waals surface area contributed by atoms with Crippen LogP contribution in [0.15, 0.2) is 34.9 Å². The zero-order valence-electron chi connectivity index (χ0n) is 12.5. The Labute approximate surface area is 126 Å². The van der Waals surface area contributed by atoms with Crippen molar-refractivity contribution >= 4 is 17.8 Å². The van der Waals surface area contributed by atoms with Crippen molar-refractivity contribution in [1.29, 1.82) is 0 Å². The zero-order valence-corrected chi connectivity index (χ0v) is 13.3. The van der Waals surface area contributed by atoms with Crippen LogP contribution in [0.1, 0.15) is 45.1 Å². The van der Waals surface area contributed by atoms with Crippen LogP contribution in [0.4, 0.5) is 0 Å². The van der Waals surface area contributed by atoms with Crippen molar-refractivity contribution in [3.8, 4) is 0 Å². The Morgan fingerprint density at radius 1 is 1.25 bits per heavy atom. The molecule has 0 spiro atoms. The predicted molar refractivity (Wildman–Crippen MR) is 87.8 cm³/mol. The average molecular weight is 291 g/mol. The van der Waals surface area contributed by atoms with Gasteiger partial charge in [0.15, 0.2) is 5.60 Å². The van der Waals surface area contributed by atoms with E-state index in [1.807, 2.05) is 11.8 Å². The molecule has 0 saturated carbocycles. The van der Waals surface area contributed by atoms with Crippen molar-refractivity contribution < 1.29 is 4.74 Å². The van der Waals surface area contributed by atoms with Gasteiger partial charge in [-0.25, -0.2) is 0 Å². The van der Waals surface area contributed by atoms with Gasteiger partial charge in [0, 0.05) is 17.2 Å². The standard InChI is InChI=1S/C17H25NOS/c1-3-8-17(9-4-2)16(19-17)13-14-6-5-7-15(12-14)20-11-10-18/h5-7,12-13H,3-4,8-11,18H2,1-2H3. The summed E-state index contributed by atoms with van der Waals surface area (Å²) >= 11 is 1.81. The minimum atomic E-state index is 0.0455. The summed E-state index contributed by atoms with van der Waals surface area (Å²) in [5, 5.41) is 0. The van der Waals surface area contributed by atoms with Crippen LogP contribution in [0, 0.1) is 0 Å². The molecule has 1 heterocycles. The van der Waals surface area contributed by atoms with E-state index in [0.29, 0.717) is 0 Å². The smallest absolute Gasteiger partial charge is 0.165 e. The van der Waals surface area contributed by atoms with Gasteiger partial charge in [0.05, 0.1) is 0 Å². The summed E-state index contributed by atoms with van der Waals surface area (Å²) < 4.78 is 5.94. The Hall–Kier alpha value is -0.930. The first-order valence-electron chi connectivity index (χ1n) is 7.58. The molecule has 0 aromatic heterocycles. The topological polar surface area (TPSA) is 38.5 Å². The van der Waals surface area contributed by atoms with Gasteiger partial charge in [0.1, 0.15) is 5.76 Å². The first-order chi connectivity index (χ1) is 9.74.